The van der Waals surface area contributed by atoms with Gasteiger partial charge in [0.1, 0.15) is 75.3 Å². The fourth-order valence-corrected chi connectivity index (χ4v) is 15.9. The van der Waals surface area contributed by atoms with E-state index in [0.29, 0.717) is 146 Å². The monoisotopic (exact) mass is 2080 g/mol. The van der Waals surface area contributed by atoms with E-state index < -0.39 is 67.4 Å². The second kappa shape index (κ2) is 52.4. The number of para-hydroxylation sites is 8. The smallest absolute Gasteiger partial charge is 0.334 e. The summed E-state index contributed by atoms with van der Waals surface area (Å²) in [5.41, 5.74) is 15.6. The molecule has 0 saturated carbocycles. The number of nitro benzene ring substituents is 2. The van der Waals surface area contributed by atoms with E-state index in [1.54, 1.807) is 149 Å². The van der Waals surface area contributed by atoms with Crippen LogP contribution in [-0.4, -0.2) is 282 Å². The van der Waals surface area contributed by atoms with Crippen molar-refractivity contribution < 1.29 is 63.3 Å². The summed E-state index contributed by atoms with van der Waals surface area (Å²) >= 11 is 4.71. The molecule has 0 radical (unpaired) electrons. The molecule has 8 heterocycles. The molecule has 8 aromatic carbocycles. The van der Waals surface area contributed by atoms with Crippen molar-refractivity contribution in [2.45, 2.75) is 25.7 Å². The number of nitrogens with one attached hydrogen (secondary N) is 2. The van der Waals surface area contributed by atoms with Gasteiger partial charge in [-0.05, 0) is 172 Å². The van der Waals surface area contributed by atoms with Crippen LogP contribution in [0, 0.1) is 26.0 Å². The molecule has 16 rings (SSSR count). The van der Waals surface area contributed by atoms with E-state index in [1.807, 2.05) is 126 Å². The molecule has 4 N–H and O–H groups in total. The Bertz CT molecular complexity index is 8430. The number of carbonyl (C=O) groups is 2. The number of methoxy groups -OCH3 is 4. The maximum absolute atomic E-state index is 13.9. The predicted octanol–water partition coefficient (Wildman–Crippen LogP) is 11.2. The first-order valence-corrected chi connectivity index (χ1v) is 46.6. The number of aryl methyl sites for hydroxylation is 4. The van der Waals surface area contributed by atoms with Crippen molar-refractivity contribution in [3.63, 3.8) is 0 Å². The summed E-state index contributed by atoms with van der Waals surface area (Å²) in [6, 6.07) is 48.6. The molecule has 16 aromatic rings. The second-order valence-corrected chi connectivity index (χ2v) is 34.2. The molecule has 0 fully saturated rings. The Morgan fingerprint density at radius 3 is 1.03 bits per heavy atom. The van der Waals surface area contributed by atoms with E-state index in [1.165, 1.54) is 85.8 Å². The Balaban J connectivity index is 0.000000197. The molecule has 0 atom stereocenters. The summed E-state index contributed by atoms with van der Waals surface area (Å²) in [6.07, 6.45) is 9.24. The number of hydrogen-bond acceptors (Lipinski definition) is 31. The fourth-order valence-electron chi connectivity index (χ4n) is 15.9. The number of rotatable bonds is 36. The number of nitro groups is 2. The maximum Gasteiger partial charge on any atom is 0.334 e. The first kappa shape index (κ1) is 92.8. The van der Waals surface area contributed by atoms with E-state index in [9.17, 15) is 53.4 Å². The van der Waals surface area contributed by atoms with E-state index in [-0.39, 0.29) is 85.3 Å². The maximum atomic E-state index is 13.9. The summed E-state index contributed by atoms with van der Waals surface area (Å²) in [6.45, 7) is -2.99. The van der Waals surface area contributed by atoms with Crippen LogP contribution in [0.2, 0.25) is 0 Å². The van der Waals surface area contributed by atoms with Crippen LogP contribution < -0.4 is 72.8 Å². The first-order chi connectivity index (χ1) is 77.7. The number of nitrogens with two attached hydrogens (primary N) is 1. The molecule has 0 bridgehead atoms. The van der Waals surface area contributed by atoms with Gasteiger partial charge in [0.05, 0.1) is 105 Å². The van der Waals surface area contributed by atoms with Crippen LogP contribution in [0.5, 0.6) is 23.0 Å². The van der Waals surface area contributed by atoms with Crippen molar-refractivity contribution in [3.8, 4) is 46.3 Å². The number of amides is 1. The topological polar surface area (TPSA) is 441 Å². The standard InChI is InChI=1S/C28H33N7O3.C25H29N7O4.C25H31N7O2.C20H16FN5O4.C5H14N2.C3H3ClO/c1-7-27(36)30-20-16-19(24(38-6)18-23(20)33(4)15-14-32(2)3)17-25-29-13-12-26(31-25)35-22-11-9-8-10-21(22)34(5)28(35)37;1-28(2)12-13-29(3)20-16-22(36-5)17(14-21(20)32(34)35)15-23-26-11-10-24(27-23)31-19-9-7-6-8-18(19)30(4)25(31)33;1-29(2)12-13-30(3)21-16-22(34-5)17(14-18(21)26)15-23-27-11-10-24(28-23)32-20-9-7-6-8-19(20)31(4)25(32)33;1-24-14-5-3-4-6-15(14)25(20(24)27)19-7-8-22-18(23-19)10-12-9-16(26(28)29)13(21)11-17(12)30-2;1-6-4-5-7(2)3;1-2-3(4)5/h7-13,16,18H,1,14-15,17H2,2-6H3,(H,30,36);6-11,14,16H,12-13,15H2,1-5H3;6-11,14,16H,12-13,15,26H2,1-5H3;3-9,11H,10H2,1-2H3;6H,4-5H2,1-3H3;2H,1H2/i2D3;2*1D3;;2D3,3D3;. The van der Waals surface area contributed by atoms with Gasteiger partial charge in [-0.15, -0.1) is 0 Å². The number of hydrogen-bond donors (Lipinski definition) is 3. The van der Waals surface area contributed by atoms with Crippen molar-refractivity contribution in [3.05, 3.63) is 333 Å². The van der Waals surface area contributed by atoms with Crippen molar-refractivity contribution in [2.75, 3.05) is 191 Å². The highest BCUT2D eigenvalue weighted by Crippen LogP contribution is 2.39. The molecule has 0 aliphatic heterocycles. The Labute approximate surface area is 891 Å². The molecule has 788 valence electrons. The Morgan fingerprint density at radius 2 is 0.720 bits per heavy atom. The number of anilines is 5. The number of aromatic nitrogens is 16. The molecule has 0 aliphatic rings. The lowest BCUT2D eigenvalue weighted by atomic mass is 10.1. The minimum atomic E-state index is -2.57. The molecule has 0 saturated heterocycles. The van der Waals surface area contributed by atoms with Crippen molar-refractivity contribution in [1.82, 2.24) is 101 Å². The minimum Gasteiger partial charge on any atom is -0.496 e. The number of carbonyl (C=O) groups excluding carboxylic acids is 2. The predicted molar refractivity (Wildman–Crippen MR) is 585 cm³/mol. The third kappa shape index (κ3) is 27.8. The molecule has 42 nitrogen and oxygen atoms in total. The highest BCUT2D eigenvalue weighted by atomic mass is 35.5. The van der Waals surface area contributed by atoms with E-state index in [2.05, 4.69) is 63.7 Å². The lowest BCUT2D eigenvalue weighted by Gasteiger charge is -2.25. The van der Waals surface area contributed by atoms with E-state index >= 15 is 0 Å². The molecule has 0 aliphatic carbocycles. The third-order valence-electron chi connectivity index (χ3n) is 23.6. The van der Waals surface area contributed by atoms with E-state index in [4.69, 9.17) is 56.8 Å². The number of ether oxygens (including phenoxy) is 4. The van der Waals surface area contributed by atoms with Gasteiger partial charge < -0.3 is 69.6 Å². The van der Waals surface area contributed by atoms with Crippen molar-refractivity contribution in [2.24, 2.45) is 28.2 Å². The average Bonchev–Trinajstić information content (AvgIpc) is 1.63. The van der Waals surface area contributed by atoms with Crippen LogP contribution >= 0.6 is 11.6 Å². The lowest BCUT2D eigenvalue weighted by Crippen LogP contribution is -2.29. The molecule has 44 heteroatoms. The molecule has 150 heavy (non-hydrogen) atoms. The summed E-state index contributed by atoms with van der Waals surface area (Å²) in [5, 5.41) is 28.1. The average molecular weight is 2090 g/mol. The Morgan fingerprint density at radius 1 is 0.427 bits per heavy atom. The van der Waals surface area contributed by atoms with Gasteiger partial charge in [-0.2, -0.15) is 4.39 Å². The molecule has 1 amide bonds. The normalized spacial score (nSPS) is 12.9. The van der Waals surface area contributed by atoms with Crippen molar-refractivity contribution >= 4 is 107 Å². The SMILES string of the molecule is C=CC(=O)Cl.COc1cc(F)c([N+](=O)[O-])cc1Cc1nccc(-n2c(=O)n(C)c3ccccc32)n1.[2H]C([2H])([2H])N(C)CCN(C)c1cc(OC)c(Cc2nccc(-n3c(=O)n(C)c4ccccc43)n2)cc1N.[2H]C([2H])([2H])N(C)CCN(C)c1cc(OC)c(Cc2nccc(-n3c(=O)n(C)c4ccccc43)n2)cc1NC(=O)C=C.[2H]C([2H])([2H])N(C)CCN(C)c1cc(OC)c(Cc2nccc(-n3c(=O)n(C)c4ccccc43)n2)cc1[N+](=O)[O-].[2H]C([2H])([2H])N(CCNC)C([2H])([2H])[2H]. The Hall–Kier alpha value is -17.0. The number of fused-ring (bicyclic) bond motifs is 4. The zero-order valence-corrected chi connectivity index (χ0v) is 86.0. The lowest BCUT2D eigenvalue weighted by molar-refractivity contribution is -0.387. The number of nitrogen functional groups attached to an aromatic ring is 1. The van der Waals surface area contributed by atoms with Crippen LogP contribution in [-0.2, 0) is 63.5 Å². The highest BCUT2D eigenvalue weighted by Gasteiger charge is 2.28. The van der Waals surface area contributed by atoms with Crippen LogP contribution in [0.3, 0.4) is 0 Å². The summed E-state index contributed by atoms with van der Waals surface area (Å²) < 4.78 is 158. The van der Waals surface area contributed by atoms with Gasteiger partial charge in [0.25, 0.3) is 5.69 Å². The number of allylic oxidation sites excluding steroid dienone is 1. The zero-order valence-electron chi connectivity index (χ0n) is 100. The van der Waals surface area contributed by atoms with Gasteiger partial charge in [0, 0.05) is 231 Å². The largest absolute Gasteiger partial charge is 0.496 e. The molecular weight excluding hydrogens is 1940 g/mol. The van der Waals surface area contributed by atoms with Gasteiger partial charge in [-0.1, -0.05) is 61.7 Å². The van der Waals surface area contributed by atoms with Crippen LogP contribution in [0.25, 0.3) is 67.4 Å². The summed E-state index contributed by atoms with van der Waals surface area (Å²) in [7, 11) is 24.3. The minimum absolute atomic E-state index is 0.0243. The molecule has 0 unspecified atom stereocenters. The number of nitrogens with zero attached hydrogens (tertiary/aromatic N) is 25. The van der Waals surface area contributed by atoms with Crippen LogP contribution in [0.1, 0.15) is 66.1 Å². The summed E-state index contributed by atoms with van der Waals surface area (Å²) in [4.78, 5) is 141. The van der Waals surface area contributed by atoms with Gasteiger partial charge in [0.2, 0.25) is 17.0 Å². The number of halogens is 2. The third-order valence-corrected chi connectivity index (χ3v) is 23.8. The molecule has 8 aromatic heterocycles. The van der Waals surface area contributed by atoms with Gasteiger partial charge in [-0.3, -0.25) is 48.1 Å². The second-order valence-electron chi connectivity index (χ2n) is 33.9. The van der Waals surface area contributed by atoms with Gasteiger partial charge in [0.15, 0.2) is 0 Å². The van der Waals surface area contributed by atoms with Crippen LogP contribution in [0.4, 0.5) is 44.2 Å². The Kier molecular flexibility index (Phi) is 32.4. The number of likely N-dealkylation sites (N-methyl/N-ethyl adjacent to an activating group) is 8. The number of imidazole rings is 4. The highest BCUT2D eigenvalue weighted by molar-refractivity contribution is 6.66. The molecule has 0 spiro atoms. The number of benzene rings is 8. The molecular formula is C106H126ClFN28O14. The van der Waals surface area contributed by atoms with Crippen molar-refractivity contribution in [1.29, 1.82) is 0 Å². The zero-order chi connectivity index (χ0) is 122. The quantitative estimate of drug-likeness (QED) is 0.0108. The van der Waals surface area contributed by atoms with E-state index in [0.717, 1.165) is 62.6 Å². The van der Waals surface area contributed by atoms with Gasteiger partial charge in [-0.25, -0.2) is 77.3 Å². The van der Waals surface area contributed by atoms with Crippen LogP contribution in [0.15, 0.2) is 239 Å². The van der Waals surface area contributed by atoms with Gasteiger partial charge >= 0.3 is 28.4 Å². The summed E-state index contributed by atoms with van der Waals surface area (Å²) in [5.74, 6) is 3.55. The fraction of sp³-hybridized carbons (Fsp3) is 0.302. The first-order valence-electron chi connectivity index (χ1n) is 53.7.